The van der Waals surface area contributed by atoms with E-state index in [1.807, 2.05) is 72.8 Å². The predicted molar refractivity (Wildman–Crippen MR) is 263 cm³/mol. The SMILES string of the molecule is O=[N+]([O-])c1ccc(N=Nc2ccc(OP3(Oc4ccc(N=Nc5ccc([N+](=O)[O-])cc5)cc4)=NP4(=NP5(=N3)Oc3ccccc3-c3ccccc3O5)Oc3ccccc3-c3ccccc3O4)cc2)cc1. The Bertz CT molecular complexity index is 3300. The fourth-order valence-corrected chi connectivity index (χ4v) is 16.4. The molecule has 344 valence electrons. The summed E-state index contributed by atoms with van der Waals surface area (Å²) in [5.74, 6) is 2.18. The Morgan fingerprint density at radius 3 is 0.971 bits per heavy atom. The van der Waals surface area contributed by atoms with Gasteiger partial charge in [0, 0.05) is 46.5 Å². The molecular weight excluding hydrogens is 956 g/mol. The maximum Gasteiger partial charge on any atom is 0.460 e. The molecule has 22 heteroatoms. The molecule has 3 aliphatic rings. The second kappa shape index (κ2) is 18.1. The fraction of sp³-hybridized carbons (Fsp3) is 0. The van der Waals surface area contributed by atoms with Gasteiger partial charge in [-0.25, -0.2) is 0 Å². The Balaban J connectivity index is 1.07. The lowest BCUT2D eigenvalue weighted by Crippen LogP contribution is -2.10. The number of hydrogen-bond donors (Lipinski definition) is 0. The van der Waals surface area contributed by atoms with Crippen molar-refractivity contribution in [1.82, 2.24) is 0 Å². The number of para-hydroxylation sites is 4. The highest BCUT2D eigenvalue weighted by molar-refractivity contribution is 7.79. The zero-order valence-electron chi connectivity index (χ0n) is 35.9. The first-order valence-corrected chi connectivity index (χ1v) is 25.7. The van der Waals surface area contributed by atoms with Gasteiger partial charge in [0.1, 0.15) is 34.5 Å². The van der Waals surface area contributed by atoms with Gasteiger partial charge < -0.3 is 27.1 Å². The Morgan fingerprint density at radius 1 is 0.371 bits per heavy atom. The average Bonchev–Trinajstić information content (AvgIpc) is 3.58. The summed E-state index contributed by atoms with van der Waals surface area (Å²) < 4.78 is 57.6. The lowest BCUT2D eigenvalue weighted by molar-refractivity contribution is -0.385. The smallest absolute Gasteiger partial charge is 0.413 e. The third-order valence-electron chi connectivity index (χ3n) is 10.5. The molecule has 70 heavy (non-hydrogen) atoms. The van der Waals surface area contributed by atoms with Gasteiger partial charge in [-0.3, -0.25) is 20.2 Å². The number of nitro groups is 2. The maximum absolute atomic E-state index is 11.2. The van der Waals surface area contributed by atoms with Gasteiger partial charge in [0.15, 0.2) is 0 Å². The van der Waals surface area contributed by atoms with Crippen molar-refractivity contribution in [3.8, 4) is 56.8 Å². The van der Waals surface area contributed by atoms with Crippen molar-refractivity contribution in [3.05, 3.63) is 214 Å². The quantitative estimate of drug-likeness (QED) is 0.0544. The minimum atomic E-state index is -4.23. The zero-order valence-corrected chi connectivity index (χ0v) is 38.6. The van der Waals surface area contributed by atoms with Crippen LogP contribution in [0.2, 0.25) is 0 Å². The van der Waals surface area contributed by atoms with Crippen molar-refractivity contribution < 1.29 is 37.0 Å². The van der Waals surface area contributed by atoms with Crippen LogP contribution < -0.4 is 27.1 Å². The molecule has 0 unspecified atom stereocenters. The van der Waals surface area contributed by atoms with Gasteiger partial charge >= 0.3 is 23.0 Å². The zero-order chi connectivity index (χ0) is 47.7. The Hall–Kier alpha value is -8.75. The summed E-state index contributed by atoms with van der Waals surface area (Å²) in [6, 6.07) is 54.4. The average molecular weight is 988 g/mol. The van der Waals surface area contributed by atoms with E-state index in [1.54, 1.807) is 72.8 Å². The summed E-state index contributed by atoms with van der Waals surface area (Å²) in [5, 5.41) is 39.5. The van der Waals surface area contributed by atoms with Gasteiger partial charge in [0.05, 0.1) is 32.6 Å². The van der Waals surface area contributed by atoms with Crippen LogP contribution in [0.3, 0.4) is 0 Å². The molecule has 0 atom stereocenters. The largest absolute Gasteiger partial charge is 0.460 e. The standard InChI is InChI=1S/C48H32N9O10P3/c58-56(59)37-25-17-33(18-26-37)49-51-35-21-29-39(30-22-35)62-68(63-40-31-23-36(24-32-40)52-50-34-19-27-38(28-20-34)57(60)61)53-69(64-45-13-5-1-9-41(45)42-10-2-6-14-46(42)65-69)55-70(54-68)66-47-15-7-3-11-43(47)44-12-4-8-16-48(44)67-70/h1-32H. The van der Waals surface area contributed by atoms with E-state index in [2.05, 4.69) is 20.5 Å². The predicted octanol–water partition coefficient (Wildman–Crippen LogP) is 16.9. The van der Waals surface area contributed by atoms with Crippen molar-refractivity contribution in [2.75, 3.05) is 0 Å². The van der Waals surface area contributed by atoms with Gasteiger partial charge in [-0.2, -0.15) is 20.5 Å². The van der Waals surface area contributed by atoms with Crippen LogP contribution in [0.15, 0.2) is 228 Å². The van der Waals surface area contributed by atoms with Gasteiger partial charge in [0.2, 0.25) is 0 Å². The molecular formula is C48H32N9O10P3. The van der Waals surface area contributed by atoms with E-state index in [0.29, 0.717) is 45.7 Å². The van der Waals surface area contributed by atoms with Crippen LogP contribution in [0, 0.1) is 20.2 Å². The molecule has 0 radical (unpaired) electrons. The van der Waals surface area contributed by atoms with Crippen molar-refractivity contribution in [1.29, 1.82) is 0 Å². The van der Waals surface area contributed by atoms with Crippen LogP contribution in [0.4, 0.5) is 34.1 Å². The number of nitro benzene ring substituents is 2. The molecule has 8 aromatic carbocycles. The number of non-ortho nitro benzene ring substituents is 2. The third-order valence-corrected chi connectivity index (χ3v) is 18.5. The molecule has 0 aromatic heterocycles. The lowest BCUT2D eigenvalue weighted by atomic mass is 10.0. The number of nitrogens with zero attached hydrogens (tertiary/aromatic N) is 9. The summed E-state index contributed by atoms with van der Waals surface area (Å²) in [6.45, 7) is 0. The molecule has 0 saturated heterocycles. The van der Waals surface area contributed by atoms with Gasteiger partial charge in [-0.15, -0.1) is 0 Å². The molecule has 0 fully saturated rings. The van der Waals surface area contributed by atoms with E-state index < -0.39 is 32.8 Å². The van der Waals surface area contributed by atoms with Crippen molar-refractivity contribution in [2.24, 2.45) is 34.0 Å². The molecule has 2 spiro atoms. The molecule has 11 rings (SSSR count). The summed E-state index contributed by atoms with van der Waals surface area (Å²) in [6.07, 6.45) is 0. The summed E-state index contributed by atoms with van der Waals surface area (Å²) in [5.41, 5.74) is 4.49. The second-order valence-electron chi connectivity index (χ2n) is 15.2. The van der Waals surface area contributed by atoms with Crippen molar-refractivity contribution in [3.63, 3.8) is 0 Å². The van der Waals surface area contributed by atoms with Crippen LogP contribution in [-0.2, 0) is 0 Å². The topological polar surface area (TPSA) is 228 Å². The van der Waals surface area contributed by atoms with E-state index in [-0.39, 0.29) is 22.9 Å². The van der Waals surface area contributed by atoms with Crippen LogP contribution in [-0.4, -0.2) is 9.85 Å². The minimum Gasteiger partial charge on any atom is -0.413 e. The van der Waals surface area contributed by atoms with Gasteiger partial charge in [0.25, 0.3) is 11.4 Å². The Labute approximate surface area is 397 Å². The molecule has 3 heterocycles. The van der Waals surface area contributed by atoms with Crippen LogP contribution >= 0.6 is 23.0 Å². The van der Waals surface area contributed by atoms with Crippen molar-refractivity contribution in [2.45, 2.75) is 0 Å². The van der Waals surface area contributed by atoms with Gasteiger partial charge in [-0.1, -0.05) is 86.3 Å². The first kappa shape index (κ1) is 43.8. The lowest BCUT2D eigenvalue weighted by Gasteiger charge is -2.32. The number of rotatable bonds is 10. The number of hydrogen-bond acceptors (Lipinski definition) is 17. The molecule has 0 aliphatic carbocycles. The monoisotopic (exact) mass is 987 g/mol. The maximum atomic E-state index is 11.2. The first-order valence-electron chi connectivity index (χ1n) is 21.1. The minimum absolute atomic E-state index is 0.0676. The number of benzene rings is 8. The first-order chi connectivity index (χ1) is 34.1. The molecule has 3 aliphatic heterocycles. The van der Waals surface area contributed by atoms with Crippen LogP contribution in [0.25, 0.3) is 22.3 Å². The van der Waals surface area contributed by atoms with Crippen LogP contribution in [0.1, 0.15) is 0 Å². The Kier molecular flexibility index (Phi) is 11.3. The molecule has 0 bridgehead atoms. The number of fused-ring (bicyclic) bond motifs is 6. The third kappa shape index (κ3) is 9.03. The second-order valence-corrected chi connectivity index (χ2v) is 21.4. The highest BCUT2D eigenvalue weighted by atomic mass is 31.3. The molecule has 8 aromatic rings. The van der Waals surface area contributed by atoms with Crippen LogP contribution in [0.5, 0.6) is 34.5 Å². The summed E-state index contributed by atoms with van der Waals surface area (Å²) in [7, 11) is -12.4. The fourth-order valence-electron chi connectivity index (χ4n) is 7.28. The highest BCUT2D eigenvalue weighted by Gasteiger charge is 2.50. The van der Waals surface area contributed by atoms with Crippen molar-refractivity contribution >= 4 is 57.1 Å². The van der Waals surface area contributed by atoms with E-state index in [9.17, 15) is 20.2 Å². The highest BCUT2D eigenvalue weighted by Crippen LogP contribution is 2.80. The summed E-state index contributed by atoms with van der Waals surface area (Å²) in [4.78, 5) is 21.4. The molecule has 0 amide bonds. The molecule has 0 saturated carbocycles. The molecule has 0 N–H and O–H groups in total. The van der Waals surface area contributed by atoms with E-state index in [1.165, 1.54) is 48.5 Å². The number of azo groups is 2. The summed E-state index contributed by atoms with van der Waals surface area (Å²) >= 11 is 0. The molecule has 19 nitrogen and oxygen atoms in total. The van der Waals surface area contributed by atoms with E-state index in [0.717, 1.165) is 22.3 Å². The Morgan fingerprint density at radius 2 is 0.657 bits per heavy atom. The van der Waals surface area contributed by atoms with E-state index >= 15 is 0 Å². The normalized spacial score (nSPS) is 16.6. The van der Waals surface area contributed by atoms with E-state index in [4.69, 9.17) is 40.7 Å². The van der Waals surface area contributed by atoms with Gasteiger partial charge in [-0.05, 0) is 97.1 Å².